The summed E-state index contributed by atoms with van der Waals surface area (Å²) in [6.07, 6.45) is 6.39. The number of benzene rings is 1. The molecule has 4 aliphatic rings. The van der Waals surface area contributed by atoms with Gasteiger partial charge in [-0.2, -0.15) is 0 Å². The lowest BCUT2D eigenvalue weighted by atomic mass is 9.80. The number of carbonyl (C=O) groups excluding carboxylic acids is 1. The molecule has 4 heterocycles. The largest absolute Gasteiger partial charge is 0.377 e. The zero-order chi connectivity index (χ0) is 25.7. The van der Waals surface area contributed by atoms with E-state index in [2.05, 4.69) is 45.3 Å². The topological polar surface area (TPSA) is 86.7 Å². The van der Waals surface area contributed by atoms with Crippen LogP contribution in [0.3, 0.4) is 0 Å². The molecule has 6 rings (SSSR count). The Morgan fingerprint density at radius 3 is 2.38 bits per heavy atom. The van der Waals surface area contributed by atoms with Gasteiger partial charge in [0.1, 0.15) is 6.33 Å². The molecule has 1 saturated carbocycles. The van der Waals surface area contributed by atoms with Gasteiger partial charge in [0.15, 0.2) is 0 Å². The summed E-state index contributed by atoms with van der Waals surface area (Å²) in [4.78, 5) is 26.0. The Balaban J connectivity index is 1.09. The van der Waals surface area contributed by atoms with Crippen molar-refractivity contribution in [2.45, 2.75) is 44.3 Å². The zero-order valence-electron chi connectivity index (χ0n) is 21.6. The number of hydrogen-bond acceptors (Lipinski definition) is 6. The Hall–Kier alpha value is -2.78. The van der Waals surface area contributed by atoms with E-state index in [9.17, 15) is 13.2 Å². The zero-order valence-corrected chi connectivity index (χ0v) is 22.4. The number of nitrogens with zero attached hydrogens (tertiary/aromatic N) is 5. The maximum Gasteiger partial charge on any atom is 0.257 e. The fourth-order valence-electron chi connectivity index (χ4n) is 6.25. The second-order valence-corrected chi connectivity index (χ2v) is 13.3. The minimum Gasteiger partial charge on any atom is -0.377 e. The predicted octanol–water partition coefficient (Wildman–Crippen LogP) is 2.96. The highest BCUT2D eigenvalue weighted by Crippen LogP contribution is 2.41. The van der Waals surface area contributed by atoms with Crippen LogP contribution in [0.1, 0.15) is 52.5 Å². The number of fused-ring (bicyclic) bond motifs is 1. The highest BCUT2D eigenvalue weighted by atomic mass is 32.2. The number of aromatic nitrogens is 2. The fourth-order valence-corrected chi connectivity index (χ4v) is 8.20. The average Bonchev–Trinajstić information content (AvgIpc) is 3.54. The van der Waals surface area contributed by atoms with E-state index in [-0.39, 0.29) is 11.2 Å². The molecule has 3 aliphatic heterocycles. The number of hydrogen-bond donors (Lipinski definition) is 0. The summed E-state index contributed by atoms with van der Waals surface area (Å²) in [5.41, 5.74) is 4.72. The Labute approximate surface area is 219 Å². The molecule has 2 atom stereocenters. The van der Waals surface area contributed by atoms with E-state index in [1.165, 1.54) is 17.5 Å². The number of carbonyl (C=O) groups is 1. The lowest BCUT2D eigenvalue weighted by molar-refractivity contribution is 0.0782. The lowest BCUT2D eigenvalue weighted by Crippen LogP contribution is -2.53. The van der Waals surface area contributed by atoms with E-state index < -0.39 is 10.0 Å². The molecule has 1 aromatic heterocycles. The molecule has 9 heteroatoms. The van der Waals surface area contributed by atoms with Crippen LogP contribution in [0.2, 0.25) is 0 Å². The predicted molar refractivity (Wildman–Crippen MR) is 141 cm³/mol. The van der Waals surface area contributed by atoms with Crippen LogP contribution in [0.25, 0.3) is 0 Å². The summed E-state index contributed by atoms with van der Waals surface area (Å²) in [6, 6.07) is 10.6. The summed E-state index contributed by atoms with van der Waals surface area (Å²) < 4.78 is 27.0. The molecule has 3 fully saturated rings. The van der Waals surface area contributed by atoms with E-state index in [1.54, 1.807) is 4.31 Å². The van der Waals surface area contributed by atoms with Crippen LogP contribution in [0, 0.1) is 25.7 Å². The van der Waals surface area contributed by atoms with Crippen molar-refractivity contribution in [3.8, 4) is 0 Å². The van der Waals surface area contributed by atoms with Crippen LogP contribution < -0.4 is 0 Å². The van der Waals surface area contributed by atoms with E-state index in [0.717, 1.165) is 50.3 Å². The number of rotatable bonds is 8. The SMILES string of the molecule is Cc1ncnc(C)c1C(=O)N1CC2=CN(CCC(c3ccccc3)C3CN(S(=O)(=O)C4CC4)C3)CC2C1. The number of likely N-dealkylation sites (tertiary alicyclic amines) is 1. The van der Waals surface area contributed by atoms with Crippen molar-refractivity contribution in [3.05, 3.63) is 70.9 Å². The number of sulfonamides is 1. The molecule has 1 amide bonds. The van der Waals surface area contributed by atoms with Crippen molar-refractivity contribution in [2.75, 3.05) is 39.3 Å². The minimum absolute atomic E-state index is 0.0253. The number of aryl methyl sites for hydroxylation is 2. The smallest absolute Gasteiger partial charge is 0.257 e. The molecule has 0 N–H and O–H groups in total. The van der Waals surface area contributed by atoms with E-state index in [0.29, 0.717) is 43.0 Å². The standard InChI is InChI=1S/C28H35N5O3S/c1-19-27(20(2)30-18-29-19)28(34)32-14-22-12-31(13-23(22)15-32)11-10-26(21-6-4-3-5-7-21)24-16-33(17-24)37(35,36)25-8-9-25/h3-7,12,18,23-26H,8-11,13-17H2,1-2H3. The summed E-state index contributed by atoms with van der Waals surface area (Å²) in [6.45, 7) is 8.26. The van der Waals surface area contributed by atoms with Crippen LogP contribution in [0.15, 0.2) is 48.4 Å². The monoisotopic (exact) mass is 521 g/mol. The molecule has 8 nitrogen and oxygen atoms in total. The maximum absolute atomic E-state index is 13.2. The molecule has 2 aromatic rings. The summed E-state index contributed by atoms with van der Waals surface area (Å²) >= 11 is 0. The van der Waals surface area contributed by atoms with Gasteiger partial charge in [-0.25, -0.2) is 22.7 Å². The van der Waals surface area contributed by atoms with E-state index >= 15 is 0 Å². The molecule has 2 unspecified atom stereocenters. The fraction of sp³-hybridized carbons (Fsp3) is 0.536. The van der Waals surface area contributed by atoms with Crippen molar-refractivity contribution in [3.63, 3.8) is 0 Å². The van der Waals surface area contributed by atoms with Crippen LogP contribution in [-0.2, 0) is 10.0 Å². The minimum atomic E-state index is -3.08. The first kappa shape index (κ1) is 24.6. The van der Waals surface area contributed by atoms with Crippen LogP contribution in [0.5, 0.6) is 0 Å². The molecule has 0 bridgehead atoms. The van der Waals surface area contributed by atoms with Crippen LogP contribution in [-0.4, -0.2) is 82.9 Å². The summed E-state index contributed by atoms with van der Waals surface area (Å²) in [5, 5.41) is -0.132. The van der Waals surface area contributed by atoms with Crippen molar-refractivity contribution in [1.82, 2.24) is 24.1 Å². The van der Waals surface area contributed by atoms with Crippen LogP contribution in [0.4, 0.5) is 0 Å². The van der Waals surface area contributed by atoms with Crippen molar-refractivity contribution in [1.29, 1.82) is 0 Å². The highest BCUT2D eigenvalue weighted by molar-refractivity contribution is 7.90. The van der Waals surface area contributed by atoms with Crippen LogP contribution >= 0.6 is 0 Å². The second kappa shape index (κ2) is 9.51. The lowest BCUT2D eigenvalue weighted by Gasteiger charge is -2.43. The second-order valence-electron chi connectivity index (χ2n) is 11.1. The van der Waals surface area contributed by atoms with E-state index in [1.807, 2.05) is 24.8 Å². The average molecular weight is 522 g/mol. The Bertz CT molecular complexity index is 1300. The molecule has 1 aliphatic carbocycles. The van der Waals surface area contributed by atoms with Gasteiger partial charge in [-0.1, -0.05) is 30.3 Å². The van der Waals surface area contributed by atoms with Gasteiger partial charge in [-0.3, -0.25) is 4.79 Å². The molecular weight excluding hydrogens is 486 g/mol. The van der Waals surface area contributed by atoms with Gasteiger partial charge in [-0.15, -0.1) is 0 Å². The molecule has 2 saturated heterocycles. The molecule has 37 heavy (non-hydrogen) atoms. The first-order valence-corrected chi connectivity index (χ1v) is 14.9. The quantitative estimate of drug-likeness (QED) is 0.531. The van der Waals surface area contributed by atoms with Crippen molar-refractivity contribution < 1.29 is 13.2 Å². The summed E-state index contributed by atoms with van der Waals surface area (Å²) in [7, 11) is -3.08. The first-order valence-electron chi connectivity index (χ1n) is 13.4. The van der Waals surface area contributed by atoms with Gasteiger partial charge < -0.3 is 9.80 Å². The molecule has 0 radical (unpaired) electrons. The maximum atomic E-state index is 13.2. The molecule has 1 aromatic carbocycles. The molecule has 0 spiro atoms. The molecular formula is C28H35N5O3S. The Kier molecular flexibility index (Phi) is 6.31. The Morgan fingerprint density at radius 1 is 1.03 bits per heavy atom. The van der Waals surface area contributed by atoms with Gasteiger partial charge in [0, 0.05) is 51.4 Å². The summed E-state index contributed by atoms with van der Waals surface area (Å²) in [5.74, 6) is 1.09. The highest BCUT2D eigenvalue weighted by Gasteiger charge is 2.47. The van der Waals surface area contributed by atoms with Gasteiger partial charge in [0.25, 0.3) is 5.91 Å². The van der Waals surface area contributed by atoms with Gasteiger partial charge in [0.2, 0.25) is 10.0 Å². The molecule has 196 valence electrons. The first-order chi connectivity index (χ1) is 17.8. The number of amides is 1. The van der Waals surface area contributed by atoms with Gasteiger partial charge in [-0.05, 0) is 56.1 Å². The van der Waals surface area contributed by atoms with E-state index in [4.69, 9.17) is 0 Å². The third kappa shape index (κ3) is 4.68. The Morgan fingerprint density at radius 2 is 1.73 bits per heavy atom. The third-order valence-electron chi connectivity index (χ3n) is 8.58. The van der Waals surface area contributed by atoms with Gasteiger partial charge in [0.05, 0.1) is 22.2 Å². The van der Waals surface area contributed by atoms with Crippen molar-refractivity contribution >= 4 is 15.9 Å². The third-order valence-corrected chi connectivity index (χ3v) is 10.9. The van der Waals surface area contributed by atoms with Gasteiger partial charge >= 0.3 is 0 Å². The van der Waals surface area contributed by atoms with Crippen molar-refractivity contribution in [2.24, 2.45) is 11.8 Å². The normalized spacial score (nSPS) is 23.1.